The SMILES string of the molecule is C/C=C\C=C/c1oc(C(C)(C)C)cc1N. The minimum absolute atomic E-state index is 0.000799. The van der Waals surface area contributed by atoms with Crippen molar-refractivity contribution in [3.63, 3.8) is 0 Å². The fourth-order valence-corrected chi connectivity index (χ4v) is 1.17. The highest BCUT2D eigenvalue weighted by Gasteiger charge is 2.19. The molecule has 0 aliphatic rings. The van der Waals surface area contributed by atoms with Crippen LogP contribution in [-0.4, -0.2) is 0 Å². The summed E-state index contributed by atoms with van der Waals surface area (Å²) in [6, 6.07) is 1.90. The zero-order chi connectivity index (χ0) is 11.5. The van der Waals surface area contributed by atoms with E-state index in [0.29, 0.717) is 5.69 Å². The Bertz CT molecular complexity index is 378. The Morgan fingerprint density at radius 3 is 2.40 bits per heavy atom. The van der Waals surface area contributed by atoms with Gasteiger partial charge in [0.05, 0.1) is 5.69 Å². The molecule has 0 saturated carbocycles. The lowest BCUT2D eigenvalue weighted by atomic mass is 9.93. The number of furan rings is 1. The van der Waals surface area contributed by atoms with Crippen LogP contribution in [-0.2, 0) is 5.41 Å². The van der Waals surface area contributed by atoms with E-state index < -0.39 is 0 Å². The average molecular weight is 205 g/mol. The van der Waals surface area contributed by atoms with Crippen LogP contribution in [0.4, 0.5) is 5.69 Å². The Kier molecular flexibility index (Phi) is 3.40. The van der Waals surface area contributed by atoms with E-state index in [1.807, 2.05) is 37.3 Å². The lowest BCUT2D eigenvalue weighted by molar-refractivity contribution is 0.405. The van der Waals surface area contributed by atoms with Crippen LogP contribution in [0.25, 0.3) is 6.08 Å². The zero-order valence-electron chi connectivity index (χ0n) is 9.87. The van der Waals surface area contributed by atoms with Gasteiger partial charge in [-0.2, -0.15) is 0 Å². The van der Waals surface area contributed by atoms with Crippen LogP contribution in [0.15, 0.2) is 28.7 Å². The molecule has 0 saturated heterocycles. The third kappa shape index (κ3) is 3.01. The summed E-state index contributed by atoms with van der Waals surface area (Å²) in [7, 11) is 0. The molecule has 0 radical (unpaired) electrons. The zero-order valence-corrected chi connectivity index (χ0v) is 9.87. The van der Waals surface area contributed by atoms with Crippen molar-refractivity contribution in [3.8, 4) is 0 Å². The minimum Gasteiger partial charge on any atom is -0.459 e. The van der Waals surface area contributed by atoms with Gasteiger partial charge in [-0.3, -0.25) is 0 Å². The van der Waals surface area contributed by atoms with Gasteiger partial charge in [0.15, 0.2) is 0 Å². The maximum atomic E-state index is 5.85. The molecule has 2 N–H and O–H groups in total. The molecule has 15 heavy (non-hydrogen) atoms. The van der Waals surface area contributed by atoms with Gasteiger partial charge in [-0.1, -0.05) is 39.0 Å². The maximum Gasteiger partial charge on any atom is 0.149 e. The molecule has 0 unspecified atom stereocenters. The van der Waals surface area contributed by atoms with Crippen molar-refractivity contribution >= 4 is 11.8 Å². The van der Waals surface area contributed by atoms with Crippen molar-refractivity contribution in [2.24, 2.45) is 0 Å². The summed E-state index contributed by atoms with van der Waals surface area (Å²) in [5.74, 6) is 1.65. The van der Waals surface area contributed by atoms with E-state index in [2.05, 4.69) is 20.8 Å². The molecule has 0 atom stereocenters. The predicted molar refractivity (Wildman–Crippen MR) is 65.7 cm³/mol. The highest BCUT2D eigenvalue weighted by molar-refractivity contribution is 5.61. The van der Waals surface area contributed by atoms with Gasteiger partial charge >= 0.3 is 0 Å². The van der Waals surface area contributed by atoms with Gasteiger partial charge < -0.3 is 10.2 Å². The van der Waals surface area contributed by atoms with Crippen LogP contribution < -0.4 is 5.73 Å². The molecule has 0 bridgehead atoms. The molecule has 2 nitrogen and oxygen atoms in total. The van der Waals surface area contributed by atoms with Gasteiger partial charge in [0.2, 0.25) is 0 Å². The molecule has 0 amide bonds. The highest BCUT2D eigenvalue weighted by Crippen LogP contribution is 2.29. The van der Waals surface area contributed by atoms with Crippen molar-refractivity contribution in [1.82, 2.24) is 0 Å². The Balaban J connectivity index is 2.97. The number of rotatable bonds is 2. The van der Waals surface area contributed by atoms with E-state index in [0.717, 1.165) is 11.5 Å². The van der Waals surface area contributed by atoms with E-state index in [1.165, 1.54) is 0 Å². The van der Waals surface area contributed by atoms with Gasteiger partial charge in [-0.25, -0.2) is 0 Å². The van der Waals surface area contributed by atoms with Crippen LogP contribution >= 0.6 is 0 Å². The van der Waals surface area contributed by atoms with Crippen LogP contribution in [0.1, 0.15) is 39.2 Å². The molecule has 1 rings (SSSR count). The Morgan fingerprint density at radius 1 is 1.27 bits per heavy atom. The first-order chi connectivity index (χ1) is 6.95. The fraction of sp³-hybridized carbons (Fsp3) is 0.385. The lowest BCUT2D eigenvalue weighted by Gasteiger charge is -2.13. The summed E-state index contributed by atoms with van der Waals surface area (Å²) in [6.07, 6.45) is 7.70. The van der Waals surface area contributed by atoms with E-state index in [-0.39, 0.29) is 5.41 Å². The number of anilines is 1. The standard InChI is InChI=1S/C13H19NO/c1-5-6-7-8-11-10(14)9-12(15-11)13(2,3)4/h5-9H,14H2,1-4H3/b6-5-,8-7-. The van der Waals surface area contributed by atoms with Gasteiger partial charge in [0.25, 0.3) is 0 Å². The third-order valence-corrected chi connectivity index (χ3v) is 2.08. The Hall–Kier alpha value is -1.44. The first kappa shape index (κ1) is 11.6. The average Bonchev–Trinajstić information content (AvgIpc) is 2.48. The van der Waals surface area contributed by atoms with Crippen molar-refractivity contribution in [2.45, 2.75) is 33.1 Å². The third-order valence-electron chi connectivity index (χ3n) is 2.08. The molecule has 2 heteroatoms. The van der Waals surface area contributed by atoms with Crippen molar-refractivity contribution in [3.05, 3.63) is 35.8 Å². The summed E-state index contributed by atoms with van der Waals surface area (Å²) < 4.78 is 5.68. The van der Waals surface area contributed by atoms with Gasteiger partial charge in [-0.15, -0.1) is 0 Å². The molecule has 1 aromatic rings. The molecule has 1 heterocycles. The molecule has 0 aliphatic carbocycles. The van der Waals surface area contributed by atoms with Crippen LogP contribution in [0.3, 0.4) is 0 Å². The van der Waals surface area contributed by atoms with E-state index in [4.69, 9.17) is 10.2 Å². The number of allylic oxidation sites excluding steroid dienone is 3. The summed E-state index contributed by atoms with van der Waals surface area (Å²) in [4.78, 5) is 0. The first-order valence-electron chi connectivity index (χ1n) is 5.14. The van der Waals surface area contributed by atoms with Crippen molar-refractivity contribution in [1.29, 1.82) is 0 Å². The van der Waals surface area contributed by atoms with E-state index >= 15 is 0 Å². The van der Waals surface area contributed by atoms with Crippen molar-refractivity contribution in [2.75, 3.05) is 5.73 Å². The Morgan fingerprint density at radius 2 is 1.93 bits per heavy atom. The lowest BCUT2D eigenvalue weighted by Crippen LogP contribution is -2.09. The second kappa shape index (κ2) is 4.39. The van der Waals surface area contributed by atoms with Crippen LogP contribution in [0.2, 0.25) is 0 Å². The number of hydrogen-bond acceptors (Lipinski definition) is 2. The quantitative estimate of drug-likeness (QED) is 0.747. The number of nitrogens with two attached hydrogens (primary N) is 1. The Labute approximate surface area is 91.5 Å². The second-order valence-electron chi connectivity index (χ2n) is 4.57. The molecular weight excluding hydrogens is 186 g/mol. The summed E-state index contributed by atoms with van der Waals surface area (Å²) >= 11 is 0. The van der Waals surface area contributed by atoms with E-state index in [1.54, 1.807) is 0 Å². The first-order valence-corrected chi connectivity index (χ1v) is 5.14. The summed E-state index contributed by atoms with van der Waals surface area (Å²) in [5.41, 5.74) is 6.55. The smallest absolute Gasteiger partial charge is 0.149 e. The maximum absolute atomic E-state index is 5.85. The summed E-state index contributed by atoms with van der Waals surface area (Å²) in [5, 5.41) is 0. The summed E-state index contributed by atoms with van der Waals surface area (Å²) in [6.45, 7) is 8.27. The molecule has 82 valence electrons. The number of nitrogen functional groups attached to an aromatic ring is 1. The topological polar surface area (TPSA) is 39.2 Å². The van der Waals surface area contributed by atoms with Gasteiger partial charge in [0.1, 0.15) is 11.5 Å². The van der Waals surface area contributed by atoms with Crippen molar-refractivity contribution < 1.29 is 4.42 Å². The normalized spacial score (nSPS) is 13.1. The molecule has 0 spiro atoms. The predicted octanol–water partition coefficient (Wildman–Crippen LogP) is 3.75. The molecular formula is C13H19NO. The highest BCUT2D eigenvalue weighted by atomic mass is 16.3. The van der Waals surface area contributed by atoms with Gasteiger partial charge in [-0.05, 0) is 13.0 Å². The number of hydrogen-bond donors (Lipinski definition) is 1. The van der Waals surface area contributed by atoms with E-state index in [9.17, 15) is 0 Å². The van der Waals surface area contributed by atoms with Gasteiger partial charge in [0, 0.05) is 11.5 Å². The molecule has 1 aromatic heterocycles. The second-order valence-corrected chi connectivity index (χ2v) is 4.57. The largest absolute Gasteiger partial charge is 0.459 e. The molecule has 0 aromatic carbocycles. The molecule has 0 fully saturated rings. The fourth-order valence-electron chi connectivity index (χ4n) is 1.17. The molecule has 0 aliphatic heterocycles. The van der Waals surface area contributed by atoms with Crippen LogP contribution in [0, 0.1) is 0 Å². The van der Waals surface area contributed by atoms with Crippen LogP contribution in [0.5, 0.6) is 0 Å². The monoisotopic (exact) mass is 205 g/mol. The minimum atomic E-state index is 0.000799.